The van der Waals surface area contributed by atoms with Gasteiger partial charge in [0.2, 0.25) is 0 Å². The number of aromatic nitrogens is 2. The van der Waals surface area contributed by atoms with Crippen LogP contribution < -0.4 is 5.73 Å². The Morgan fingerprint density at radius 1 is 0.880 bits per heavy atom. The highest BCUT2D eigenvalue weighted by atomic mass is 16.4. The molecule has 0 spiro atoms. The molecule has 0 fully saturated rings. The monoisotopic (exact) mass is 339 g/mol. The van der Waals surface area contributed by atoms with Gasteiger partial charge in [0.1, 0.15) is 0 Å². The molecule has 0 saturated carbocycles. The van der Waals surface area contributed by atoms with Gasteiger partial charge in [-0.05, 0) is 37.2 Å². The molecule has 0 atom stereocenters. The van der Waals surface area contributed by atoms with Crippen LogP contribution in [0.2, 0.25) is 6.32 Å². The van der Waals surface area contributed by atoms with E-state index in [-0.39, 0.29) is 6.73 Å². The van der Waals surface area contributed by atoms with Gasteiger partial charge in [-0.15, -0.1) is 0 Å². The summed E-state index contributed by atoms with van der Waals surface area (Å²) in [6.45, 7) is 3.04. The van der Waals surface area contributed by atoms with Gasteiger partial charge in [0.15, 0.2) is 0 Å². The smallest absolute Gasteiger partial charge is 0.294 e. The highest BCUT2D eigenvalue weighted by Crippen LogP contribution is 2.10. The second-order valence-electron chi connectivity index (χ2n) is 6.06. The molecule has 5 nitrogen and oxygen atoms in total. The van der Waals surface area contributed by atoms with Crippen molar-refractivity contribution in [2.45, 2.75) is 45.1 Å². The largest absolute Gasteiger partial charge is 0.429 e. The lowest BCUT2D eigenvalue weighted by atomic mass is 9.91. The fraction of sp³-hybridized carbons (Fsp3) is 0.474. The van der Waals surface area contributed by atoms with Gasteiger partial charge in [-0.3, -0.25) is 14.9 Å². The third kappa shape index (κ3) is 8.77. The maximum Gasteiger partial charge on any atom is 0.294 e. The molecule has 0 aliphatic rings. The highest BCUT2D eigenvalue weighted by molar-refractivity contribution is 6.26. The van der Waals surface area contributed by atoms with Gasteiger partial charge >= 0.3 is 0 Å². The fourth-order valence-electron chi connectivity index (χ4n) is 2.72. The molecule has 2 heterocycles. The number of pyridine rings is 2. The molecule has 133 valence electrons. The van der Waals surface area contributed by atoms with Gasteiger partial charge in [0.05, 0.1) is 18.1 Å². The van der Waals surface area contributed by atoms with Gasteiger partial charge in [-0.1, -0.05) is 37.7 Å². The zero-order valence-electron chi connectivity index (χ0n) is 14.9. The van der Waals surface area contributed by atoms with Crippen LogP contribution in [0.5, 0.6) is 0 Å². The van der Waals surface area contributed by atoms with Crippen molar-refractivity contribution in [3.05, 3.63) is 60.2 Å². The van der Waals surface area contributed by atoms with E-state index in [2.05, 4.69) is 27.0 Å². The van der Waals surface area contributed by atoms with E-state index in [1.807, 2.05) is 44.1 Å². The molecule has 0 unspecified atom stereocenters. The van der Waals surface area contributed by atoms with Crippen molar-refractivity contribution in [3.63, 3.8) is 0 Å². The molecule has 0 saturated heterocycles. The third-order valence-corrected chi connectivity index (χ3v) is 3.98. The van der Waals surface area contributed by atoms with E-state index in [4.69, 9.17) is 10.4 Å². The Kier molecular flexibility index (Phi) is 9.85. The van der Waals surface area contributed by atoms with Crippen molar-refractivity contribution >= 4 is 7.48 Å². The first-order valence-corrected chi connectivity index (χ1v) is 9.04. The maximum atomic E-state index is 5.28. The van der Waals surface area contributed by atoms with Crippen LogP contribution in [0.15, 0.2) is 48.8 Å². The quantitative estimate of drug-likeness (QED) is 0.345. The average molecular weight is 339 g/mol. The van der Waals surface area contributed by atoms with Crippen LogP contribution in [-0.4, -0.2) is 35.6 Å². The lowest BCUT2D eigenvalue weighted by Gasteiger charge is -2.21. The summed E-state index contributed by atoms with van der Waals surface area (Å²) in [4.78, 5) is 11.3. The molecule has 0 aromatic carbocycles. The topological polar surface area (TPSA) is 64.3 Å². The van der Waals surface area contributed by atoms with E-state index in [0.29, 0.717) is 0 Å². The molecule has 2 rings (SSSR count). The SMILES string of the molecule is NCO[B]CCCCCCN(Cc1ccccn1)Cc1ccccn1. The summed E-state index contributed by atoms with van der Waals surface area (Å²) < 4.78 is 5.04. The summed E-state index contributed by atoms with van der Waals surface area (Å²) in [5.41, 5.74) is 7.49. The predicted molar refractivity (Wildman–Crippen MR) is 102 cm³/mol. The minimum absolute atomic E-state index is 0.274. The number of nitrogens with two attached hydrogens (primary N) is 1. The lowest BCUT2D eigenvalue weighted by Crippen LogP contribution is -2.25. The van der Waals surface area contributed by atoms with Crippen LogP contribution in [0.4, 0.5) is 0 Å². The number of hydrogen-bond acceptors (Lipinski definition) is 5. The average Bonchev–Trinajstić information content (AvgIpc) is 2.65. The molecule has 0 aliphatic carbocycles. The summed E-state index contributed by atoms with van der Waals surface area (Å²) in [6, 6.07) is 12.2. The zero-order valence-corrected chi connectivity index (χ0v) is 14.9. The van der Waals surface area contributed by atoms with Gasteiger partial charge in [-0.25, -0.2) is 0 Å². The molecule has 0 amide bonds. The molecular formula is C19H28BN4O. The standard InChI is InChI=1S/C19H28BN4O/c21-17-25-20-11-5-1-2-8-14-24(15-18-9-3-6-12-22-18)16-19-10-4-7-13-23-19/h3-4,6-7,9-10,12-13H,1-2,5,8,11,14-17,21H2. The molecule has 1 radical (unpaired) electrons. The minimum atomic E-state index is 0.274. The van der Waals surface area contributed by atoms with E-state index in [0.717, 1.165) is 43.8 Å². The predicted octanol–water partition coefficient (Wildman–Crippen LogP) is 3.01. The molecule has 0 aliphatic heterocycles. The zero-order chi connectivity index (χ0) is 17.6. The van der Waals surface area contributed by atoms with E-state index in [1.165, 1.54) is 19.3 Å². The van der Waals surface area contributed by atoms with Gasteiger partial charge in [0.25, 0.3) is 7.48 Å². The molecule has 2 N–H and O–H groups in total. The van der Waals surface area contributed by atoms with Crippen LogP contribution in [0.25, 0.3) is 0 Å². The summed E-state index contributed by atoms with van der Waals surface area (Å²) >= 11 is 0. The Morgan fingerprint density at radius 2 is 1.52 bits per heavy atom. The number of rotatable bonds is 13. The summed E-state index contributed by atoms with van der Waals surface area (Å²) in [7, 11) is 1.81. The first-order valence-electron chi connectivity index (χ1n) is 9.04. The van der Waals surface area contributed by atoms with E-state index < -0.39 is 0 Å². The van der Waals surface area contributed by atoms with Crippen molar-refractivity contribution in [2.24, 2.45) is 5.73 Å². The lowest BCUT2D eigenvalue weighted by molar-refractivity contribution is 0.244. The first-order chi connectivity index (χ1) is 12.4. The second kappa shape index (κ2) is 12.6. The number of unbranched alkanes of at least 4 members (excludes halogenated alkanes) is 3. The Balaban J connectivity index is 1.74. The highest BCUT2D eigenvalue weighted by Gasteiger charge is 2.08. The van der Waals surface area contributed by atoms with Crippen LogP contribution in [0.1, 0.15) is 37.1 Å². The van der Waals surface area contributed by atoms with Crippen molar-refractivity contribution in [2.75, 3.05) is 13.3 Å². The second-order valence-corrected chi connectivity index (χ2v) is 6.06. The van der Waals surface area contributed by atoms with E-state index in [1.54, 1.807) is 0 Å². The van der Waals surface area contributed by atoms with Crippen LogP contribution in [0, 0.1) is 0 Å². The Hall–Kier alpha value is -1.76. The molecule has 2 aromatic heterocycles. The van der Waals surface area contributed by atoms with Gasteiger partial charge < -0.3 is 10.4 Å². The molecule has 0 bridgehead atoms. The van der Waals surface area contributed by atoms with E-state index >= 15 is 0 Å². The summed E-state index contributed by atoms with van der Waals surface area (Å²) in [6.07, 6.45) is 9.45. The van der Waals surface area contributed by atoms with Crippen molar-refractivity contribution < 1.29 is 4.65 Å². The Bertz CT molecular complexity index is 514. The maximum absolute atomic E-state index is 5.28. The summed E-state index contributed by atoms with van der Waals surface area (Å²) in [5.74, 6) is 0. The Labute approximate surface area is 151 Å². The van der Waals surface area contributed by atoms with E-state index in [9.17, 15) is 0 Å². The number of nitrogens with zero attached hydrogens (tertiary/aromatic N) is 3. The molecule has 2 aromatic rings. The van der Waals surface area contributed by atoms with Crippen LogP contribution in [0.3, 0.4) is 0 Å². The normalized spacial score (nSPS) is 11.0. The summed E-state index contributed by atoms with van der Waals surface area (Å²) in [5, 5.41) is 0. The van der Waals surface area contributed by atoms with Gasteiger partial charge in [-0.2, -0.15) is 0 Å². The van der Waals surface area contributed by atoms with Gasteiger partial charge in [0, 0.05) is 25.5 Å². The minimum Gasteiger partial charge on any atom is -0.429 e. The fourth-order valence-corrected chi connectivity index (χ4v) is 2.72. The molecule has 6 heteroatoms. The van der Waals surface area contributed by atoms with Crippen molar-refractivity contribution in [3.8, 4) is 0 Å². The molecule has 25 heavy (non-hydrogen) atoms. The first kappa shape index (κ1) is 19.6. The Morgan fingerprint density at radius 3 is 2.08 bits per heavy atom. The van der Waals surface area contributed by atoms with Crippen molar-refractivity contribution in [1.82, 2.24) is 14.9 Å². The van der Waals surface area contributed by atoms with Crippen LogP contribution >= 0.6 is 0 Å². The number of hydrogen-bond donors (Lipinski definition) is 1. The third-order valence-electron chi connectivity index (χ3n) is 3.98. The van der Waals surface area contributed by atoms with Crippen molar-refractivity contribution in [1.29, 1.82) is 0 Å². The molecular weight excluding hydrogens is 311 g/mol. The van der Waals surface area contributed by atoms with Crippen LogP contribution in [-0.2, 0) is 17.7 Å².